The van der Waals surface area contributed by atoms with Crippen molar-refractivity contribution in [3.05, 3.63) is 22.8 Å². The topological polar surface area (TPSA) is 0 Å². The van der Waals surface area contributed by atoms with Crippen LogP contribution in [-0.4, -0.2) is 0 Å². The van der Waals surface area contributed by atoms with E-state index in [4.69, 9.17) is 0 Å². The van der Waals surface area contributed by atoms with E-state index in [-0.39, 0.29) is 0 Å². The fourth-order valence-electron chi connectivity index (χ4n) is 1.89. The Morgan fingerprint density at radius 2 is 1.92 bits per heavy atom. The van der Waals surface area contributed by atoms with Crippen LogP contribution in [0.2, 0.25) is 0 Å². The van der Waals surface area contributed by atoms with Crippen molar-refractivity contribution < 1.29 is 0 Å². The molecule has 1 aliphatic rings. The molecular formula is C12H20. The normalized spacial score (nSPS) is 18.6. The van der Waals surface area contributed by atoms with Gasteiger partial charge in [-0.25, -0.2) is 0 Å². The molecule has 0 nitrogen and oxygen atoms in total. The first kappa shape index (κ1) is 9.57. The Morgan fingerprint density at radius 3 is 2.25 bits per heavy atom. The minimum absolute atomic E-state index is 0.336. The van der Waals surface area contributed by atoms with E-state index in [1.165, 1.54) is 18.4 Å². The van der Waals surface area contributed by atoms with Gasteiger partial charge in [-0.1, -0.05) is 44.9 Å². The smallest absolute Gasteiger partial charge is 0.0102 e. The van der Waals surface area contributed by atoms with Crippen molar-refractivity contribution in [3.63, 3.8) is 0 Å². The summed E-state index contributed by atoms with van der Waals surface area (Å²) in [5.41, 5.74) is 5.07. The number of allylic oxidation sites excluding steroid dienone is 4. The van der Waals surface area contributed by atoms with Gasteiger partial charge in [0.05, 0.1) is 0 Å². The highest BCUT2D eigenvalue weighted by Gasteiger charge is 2.22. The van der Waals surface area contributed by atoms with Crippen LogP contribution in [0.25, 0.3) is 0 Å². The number of rotatable bonds is 1. The van der Waals surface area contributed by atoms with Crippen molar-refractivity contribution in [1.29, 1.82) is 0 Å². The largest absolute Gasteiger partial charge is 0.0690 e. The first-order chi connectivity index (χ1) is 5.45. The summed E-state index contributed by atoms with van der Waals surface area (Å²) >= 11 is 0. The minimum Gasteiger partial charge on any atom is -0.0690 e. The third kappa shape index (κ3) is 1.80. The third-order valence-corrected chi connectivity index (χ3v) is 2.50. The van der Waals surface area contributed by atoms with Crippen LogP contribution in [0.3, 0.4) is 0 Å². The van der Waals surface area contributed by atoms with Gasteiger partial charge in [0.15, 0.2) is 0 Å². The lowest BCUT2D eigenvalue weighted by Gasteiger charge is -2.21. The highest BCUT2D eigenvalue weighted by atomic mass is 14.3. The summed E-state index contributed by atoms with van der Waals surface area (Å²) in [6.45, 7) is 11.4. The van der Waals surface area contributed by atoms with E-state index in [0.29, 0.717) is 5.41 Å². The summed E-state index contributed by atoms with van der Waals surface area (Å²) in [4.78, 5) is 0. The van der Waals surface area contributed by atoms with Gasteiger partial charge < -0.3 is 0 Å². The lowest BCUT2D eigenvalue weighted by Crippen LogP contribution is -2.08. The molecule has 0 aliphatic heterocycles. The van der Waals surface area contributed by atoms with Crippen molar-refractivity contribution in [2.24, 2.45) is 5.41 Å². The van der Waals surface area contributed by atoms with E-state index in [1.54, 1.807) is 11.1 Å². The summed E-state index contributed by atoms with van der Waals surface area (Å²) in [7, 11) is 0. The Balaban J connectivity index is 2.97. The first-order valence-electron chi connectivity index (χ1n) is 4.85. The molecule has 1 rings (SSSR count). The van der Waals surface area contributed by atoms with Crippen LogP contribution in [0.4, 0.5) is 0 Å². The molecule has 0 aromatic rings. The van der Waals surface area contributed by atoms with Crippen LogP contribution >= 0.6 is 0 Å². The summed E-state index contributed by atoms with van der Waals surface area (Å²) in [5, 5.41) is 0. The molecule has 0 aromatic carbocycles. The Hall–Kier alpha value is -0.520. The Kier molecular flexibility index (Phi) is 2.46. The average Bonchev–Trinajstić information content (AvgIpc) is 2.29. The Morgan fingerprint density at radius 1 is 1.33 bits per heavy atom. The lowest BCUT2D eigenvalue weighted by molar-refractivity contribution is 0.512. The van der Waals surface area contributed by atoms with Crippen LogP contribution in [0.5, 0.6) is 0 Å². The van der Waals surface area contributed by atoms with Gasteiger partial charge in [0.25, 0.3) is 0 Å². The molecule has 0 amide bonds. The van der Waals surface area contributed by atoms with E-state index >= 15 is 0 Å². The summed E-state index contributed by atoms with van der Waals surface area (Å²) in [6, 6.07) is 0. The van der Waals surface area contributed by atoms with Crippen LogP contribution in [-0.2, 0) is 0 Å². The lowest BCUT2D eigenvalue weighted by atomic mass is 9.84. The highest BCUT2D eigenvalue weighted by Crippen LogP contribution is 2.38. The van der Waals surface area contributed by atoms with E-state index in [0.717, 1.165) is 0 Å². The molecule has 0 atom stereocenters. The quantitative estimate of drug-likeness (QED) is 0.547. The zero-order valence-corrected chi connectivity index (χ0v) is 8.99. The van der Waals surface area contributed by atoms with Gasteiger partial charge in [-0.15, -0.1) is 0 Å². The predicted molar refractivity (Wildman–Crippen MR) is 55.1 cm³/mol. The maximum absolute atomic E-state index is 2.37. The molecule has 12 heavy (non-hydrogen) atoms. The van der Waals surface area contributed by atoms with E-state index < -0.39 is 0 Å². The van der Waals surface area contributed by atoms with Gasteiger partial charge in [-0.2, -0.15) is 0 Å². The summed E-state index contributed by atoms with van der Waals surface area (Å²) in [6.07, 6.45) is 4.79. The van der Waals surface area contributed by atoms with Crippen LogP contribution < -0.4 is 0 Å². The van der Waals surface area contributed by atoms with Crippen molar-refractivity contribution >= 4 is 0 Å². The molecule has 68 valence electrons. The molecule has 0 bridgehead atoms. The van der Waals surface area contributed by atoms with Gasteiger partial charge in [0.1, 0.15) is 0 Å². The summed E-state index contributed by atoms with van der Waals surface area (Å²) in [5.74, 6) is 0. The number of hydrogen-bond acceptors (Lipinski definition) is 0. The van der Waals surface area contributed by atoms with E-state index in [2.05, 4.69) is 40.7 Å². The predicted octanol–water partition coefficient (Wildman–Crippen LogP) is 4.09. The molecule has 0 unspecified atom stereocenters. The third-order valence-electron chi connectivity index (χ3n) is 2.50. The second-order valence-electron chi connectivity index (χ2n) is 4.79. The Labute approximate surface area is 76.4 Å². The maximum atomic E-state index is 2.37. The molecule has 0 aromatic heterocycles. The molecule has 0 saturated heterocycles. The molecule has 0 radical (unpaired) electrons. The second-order valence-corrected chi connectivity index (χ2v) is 4.79. The average molecular weight is 164 g/mol. The Bertz CT molecular complexity index is 233. The first-order valence-corrected chi connectivity index (χ1v) is 4.85. The van der Waals surface area contributed by atoms with Gasteiger partial charge in [0.2, 0.25) is 0 Å². The van der Waals surface area contributed by atoms with Gasteiger partial charge in [-0.05, 0) is 30.8 Å². The zero-order chi connectivity index (χ0) is 9.35. The molecule has 1 aliphatic carbocycles. The van der Waals surface area contributed by atoms with Crippen LogP contribution in [0.1, 0.15) is 47.5 Å². The number of hydrogen-bond donors (Lipinski definition) is 0. The SMILES string of the molecule is CCC1=C(C(C)(C)C)C=C(C)C1. The molecule has 0 heterocycles. The molecule has 0 fully saturated rings. The van der Waals surface area contributed by atoms with Crippen molar-refractivity contribution in [2.75, 3.05) is 0 Å². The summed E-state index contributed by atoms with van der Waals surface area (Å²) < 4.78 is 0. The van der Waals surface area contributed by atoms with Crippen molar-refractivity contribution in [1.82, 2.24) is 0 Å². The van der Waals surface area contributed by atoms with E-state index in [9.17, 15) is 0 Å². The fourth-order valence-corrected chi connectivity index (χ4v) is 1.89. The zero-order valence-electron chi connectivity index (χ0n) is 8.99. The molecule has 0 saturated carbocycles. The maximum Gasteiger partial charge on any atom is -0.0102 e. The molecule has 0 spiro atoms. The van der Waals surface area contributed by atoms with Gasteiger partial charge in [0, 0.05) is 0 Å². The van der Waals surface area contributed by atoms with Crippen LogP contribution in [0.15, 0.2) is 22.8 Å². The molecule has 0 heteroatoms. The van der Waals surface area contributed by atoms with Crippen molar-refractivity contribution in [2.45, 2.75) is 47.5 Å². The highest BCUT2D eigenvalue weighted by molar-refractivity contribution is 5.41. The van der Waals surface area contributed by atoms with Crippen molar-refractivity contribution in [3.8, 4) is 0 Å². The molecule has 0 N–H and O–H groups in total. The fraction of sp³-hybridized carbons (Fsp3) is 0.667. The van der Waals surface area contributed by atoms with Crippen LogP contribution in [0, 0.1) is 5.41 Å². The molecular weight excluding hydrogens is 144 g/mol. The second kappa shape index (κ2) is 3.08. The van der Waals surface area contributed by atoms with Gasteiger partial charge >= 0.3 is 0 Å². The minimum atomic E-state index is 0.336. The monoisotopic (exact) mass is 164 g/mol. The van der Waals surface area contributed by atoms with E-state index in [1.807, 2.05) is 0 Å². The van der Waals surface area contributed by atoms with Gasteiger partial charge in [-0.3, -0.25) is 0 Å². The standard InChI is InChI=1S/C12H20/c1-6-10-7-9(2)8-11(10)12(3,4)5/h8H,6-7H2,1-5H3.